The van der Waals surface area contributed by atoms with Crippen LogP contribution in [0, 0.1) is 0 Å². The van der Waals surface area contributed by atoms with Crippen LogP contribution in [0.1, 0.15) is 24.5 Å². The van der Waals surface area contributed by atoms with Gasteiger partial charge in [-0.3, -0.25) is 14.5 Å². The maximum atomic E-state index is 13.1. The van der Waals surface area contributed by atoms with Crippen molar-refractivity contribution in [1.29, 1.82) is 0 Å². The molecule has 1 atom stereocenters. The third-order valence-electron chi connectivity index (χ3n) is 5.02. The SMILES string of the molecule is CCC1(c2ccc(Cl)cc2)NC(=O)N(CC(=O)NCc2ccccc2OC(F)(F)F)C1=O. The number of alkyl halides is 3. The first-order valence-corrected chi connectivity index (χ1v) is 9.94. The molecular formula is C21H19ClF3N3O4. The maximum Gasteiger partial charge on any atom is 0.573 e. The molecule has 11 heteroatoms. The Labute approximate surface area is 186 Å². The Hall–Kier alpha value is -3.27. The van der Waals surface area contributed by atoms with Crippen LogP contribution in [0.4, 0.5) is 18.0 Å². The molecule has 170 valence electrons. The average Bonchev–Trinajstić information content (AvgIpc) is 2.97. The molecule has 1 fully saturated rings. The molecule has 0 spiro atoms. The van der Waals surface area contributed by atoms with Crippen molar-refractivity contribution in [2.45, 2.75) is 31.8 Å². The Morgan fingerprint density at radius 3 is 2.44 bits per heavy atom. The van der Waals surface area contributed by atoms with Gasteiger partial charge in [-0.2, -0.15) is 0 Å². The van der Waals surface area contributed by atoms with Gasteiger partial charge in [0, 0.05) is 17.1 Å². The minimum Gasteiger partial charge on any atom is -0.405 e. The lowest BCUT2D eigenvalue weighted by atomic mass is 9.87. The number of amides is 4. The number of urea groups is 1. The molecule has 1 unspecified atom stereocenters. The summed E-state index contributed by atoms with van der Waals surface area (Å²) in [5.41, 5.74) is -0.738. The van der Waals surface area contributed by atoms with E-state index in [1.54, 1.807) is 31.2 Å². The lowest BCUT2D eigenvalue weighted by Crippen LogP contribution is -2.44. The van der Waals surface area contributed by atoms with E-state index in [0.29, 0.717) is 10.6 Å². The van der Waals surface area contributed by atoms with Crippen molar-refractivity contribution < 1.29 is 32.3 Å². The number of carbonyl (C=O) groups excluding carboxylic acids is 3. The van der Waals surface area contributed by atoms with Crippen LogP contribution in [0.5, 0.6) is 5.75 Å². The predicted octanol–water partition coefficient (Wildman–Crippen LogP) is 3.71. The number of hydrogen-bond donors (Lipinski definition) is 2. The molecule has 1 saturated heterocycles. The molecule has 0 aromatic heterocycles. The zero-order valence-corrected chi connectivity index (χ0v) is 17.6. The highest BCUT2D eigenvalue weighted by atomic mass is 35.5. The van der Waals surface area contributed by atoms with E-state index in [9.17, 15) is 27.6 Å². The van der Waals surface area contributed by atoms with Gasteiger partial charge in [0.2, 0.25) is 5.91 Å². The van der Waals surface area contributed by atoms with Gasteiger partial charge in [-0.1, -0.05) is 48.9 Å². The van der Waals surface area contributed by atoms with E-state index in [1.807, 2.05) is 0 Å². The van der Waals surface area contributed by atoms with E-state index in [2.05, 4.69) is 15.4 Å². The number of rotatable bonds is 7. The first-order valence-electron chi connectivity index (χ1n) is 9.56. The van der Waals surface area contributed by atoms with Crippen LogP contribution in [0.2, 0.25) is 5.02 Å². The summed E-state index contributed by atoms with van der Waals surface area (Å²) in [6, 6.07) is 11.0. The number of hydrogen-bond acceptors (Lipinski definition) is 4. The zero-order valence-electron chi connectivity index (χ0n) is 16.8. The second-order valence-corrected chi connectivity index (χ2v) is 7.46. The molecule has 0 aliphatic carbocycles. The number of nitrogens with zero attached hydrogens (tertiary/aromatic N) is 1. The quantitative estimate of drug-likeness (QED) is 0.605. The summed E-state index contributed by atoms with van der Waals surface area (Å²) >= 11 is 5.89. The van der Waals surface area contributed by atoms with Crippen LogP contribution in [-0.2, 0) is 21.7 Å². The van der Waals surface area contributed by atoms with Crippen molar-refractivity contribution in [1.82, 2.24) is 15.5 Å². The number of ether oxygens (including phenoxy) is 1. The normalized spacial score (nSPS) is 18.5. The van der Waals surface area contributed by atoms with Gasteiger partial charge in [0.25, 0.3) is 5.91 Å². The fourth-order valence-corrected chi connectivity index (χ4v) is 3.54. The highest BCUT2D eigenvalue weighted by Gasteiger charge is 2.51. The molecule has 2 N–H and O–H groups in total. The molecule has 3 rings (SSSR count). The standard InChI is InChI=1S/C21H19ClF3N3O4/c1-2-20(14-7-9-15(22)10-8-14)18(30)28(19(31)27-20)12-17(29)26-11-13-5-3-4-6-16(13)32-21(23,24)25/h3-10H,2,11-12H2,1H3,(H,26,29)(H,27,31). The highest BCUT2D eigenvalue weighted by molar-refractivity contribution is 6.30. The predicted molar refractivity (Wildman–Crippen MR) is 109 cm³/mol. The molecular weight excluding hydrogens is 451 g/mol. The lowest BCUT2D eigenvalue weighted by Gasteiger charge is -2.25. The van der Waals surface area contributed by atoms with E-state index in [-0.39, 0.29) is 18.5 Å². The van der Waals surface area contributed by atoms with Gasteiger partial charge in [-0.15, -0.1) is 13.2 Å². The Morgan fingerprint density at radius 1 is 1.16 bits per heavy atom. The molecule has 1 heterocycles. The van der Waals surface area contributed by atoms with Gasteiger partial charge < -0.3 is 15.4 Å². The third kappa shape index (κ3) is 4.96. The summed E-state index contributed by atoms with van der Waals surface area (Å²) in [6.07, 6.45) is -4.65. The first kappa shape index (κ1) is 23.4. The molecule has 1 aliphatic rings. The highest BCUT2D eigenvalue weighted by Crippen LogP contribution is 2.33. The number of imide groups is 1. The van der Waals surface area contributed by atoms with E-state index in [0.717, 1.165) is 11.0 Å². The molecule has 2 aromatic carbocycles. The molecule has 4 amide bonds. The summed E-state index contributed by atoms with van der Waals surface area (Å²) in [4.78, 5) is 38.7. The van der Waals surface area contributed by atoms with Gasteiger partial charge >= 0.3 is 12.4 Å². The summed E-state index contributed by atoms with van der Waals surface area (Å²) in [5, 5.41) is 5.51. The fourth-order valence-electron chi connectivity index (χ4n) is 3.41. The van der Waals surface area contributed by atoms with Crippen molar-refractivity contribution in [3.63, 3.8) is 0 Å². The third-order valence-corrected chi connectivity index (χ3v) is 5.27. The van der Waals surface area contributed by atoms with Crippen molar-refractivity contribution in [2.24, 2.45) is 0 Å². The van der Waals surface area contributed by atoms with E-state index in [4.69, 9.17) is 11.6 Å². The van der Waals surface area contributed by atoms with E-state index >= 15 is 0 Å². The average molecular weight is 470 g/mol. The summed E-state index contributed by atoms with van der Waals surface area (Å²) in [7, 11) is 0. The maximum absolute atomic E-state index is 13.1. The van der Waals surface area contributed by atoms with Gasteiger partial charge in [0.15, 0.2) is 0 Å². The monoisotopic (exact) mass is 469 g/mol. The Balaban J connectivity index is 1.69. The van der Waals surface area contributed by atoms with Crippen LogP contribution in [-0.4, -0.2) is 35.7 Å². The molecule has 0 radical (unpaired) electrons. The Kier molecular flexibility index (Phi) is 6.63. The summed E-state index contributed by atoms with van der Waals surface area (Å²) in [6.45, 7) is 0.834. The van der Waals surface area contributed by atoms with Gasteiger partial charge in [0.05, 0.1) is 0 Å². The summed E-state index contributed by atoms with van der Waals surface area (Å²) in [5.74, 6) is -1.79. The van der Waals surface area contributed by atoms with Crippen molar-refractivity contribution in [2.75, 3.05) is 6.54 Å². The van der Waals surface area contributed by atoms with Crippen LogP contribution in [0.25, 0.3) is 0 Å². The van der Waals surface area contributed by atoms with Crippen LogP contribution in [0.3, 0.4) is 0 Å². The molecule has 0 saturated carbocycles. The first-order chi connectivity index (χ1) is 15.1. The second kappa shape index (κ2) is 9.07. The Morgan fingerprint density at radius 2 is 1.81 bits per heavy atom. The molecule has 1 aliphatic heterocycles. The van der Waals surface area contributed by atoms with Gasteiger partial charge in [0.1, 0.15) is 17.8 Å². The number of carbonyl (C=O) groups is 3. The number of nitrogens with one attached hydrogen (secondary N) is 2. The Bertz CT molecular complexity index is 1030. The molecule has 7 nitrogen and oxygen atoms in total. The minimum absolute atomic E-state index is 0.0828. The lowest BCUT2D eigenvalue weighted by molar-refractivity contribution is -0.274. The van der Waals surface area contributed by atoms with Crippen LogP contribution < -0.4 is 15.4 Å². The van der Waals surface area contributed by atoms with Gasteiger partial charge in [-0.05, 0) is 30.2 Å². The minimum atomic E-state index is -4.88. The van der Waals surface area contributed by atoms with Gasteiger partial charge in [-0.25, -0.2) is 4.79 Å². The fraction of sp³-hybridized carbons (Fsp3) is 0.286. The molecule has 32 heavy (non-hydrogen) atoms. The number of benzene rings is 2. The van der Waals surface area contributed by atoms with E-state index in [1.165, 1.54) is 18.2 Å². The van der Waals surface area contributed by atoms with Crippen LogP contribution >= 0.6 is 11.6 Å². The zero-order chi connectivity index (χ0) is 23.5. The van der Waals surface area contributed by atoms with Crippen molar-refractivity contribution in [3.8, 4) is 5.75 Å². The number of halogens is 4. The molecule has 0 bridgehead atoms. The largest absolute Gasteiger partial charge is 0.573 e. The second-order valence-electron chi connectivity index (χ2n) is 7.02. The summed E-state index contributed by atoms with van der Waals surface area (Å²) < 4.78 is 41.6. The van der Waals surface area contributed by atoms with Crippen LogP contribution in [0.15, 0.2) is 48.5 Å². The molecule has 2 aromatic rings. The van der Waals surface area contributed by atoms with E-state index < -0.39 is 42.0 Å². The topological polar surface area (TPSA) is 87.7 Å². The van der Waals surface area contributed by atoms with Crippen molar-refractivity contribution in [3.05, 3.63) is 64.7 Å². The smallest absolute Gasteiger partial charge is 0.405 e. The number of para-hydroxylation sites is 1. The van der Waals surface area contributed by atoms with Crippen molar-refractivity contribution >= 4 is 29.4 Å².